The number of nitrogens with two attached hydrogens (primary N) is 2. The third kappa shape index (κ3) is 5.57. The first kappa shape index (κ1) is 31.0. The maximum atomic E-state index is 13.7. The molecule has 45 heavy (non-hydrogen) atoms. The van der Waals surface area contributed by atoms with Gasteiger partial charge in [-0.25, -0.2) is 29.1 Å². The zero-order valence-electron chi connectivity index (χ0n) is 22.8. The van der Waals surface area contributed by atoms with Crippen LogP contribution in [0.15, 0.2) is 23.8 Å². The van der Waals surface area contributed by atoms with Crippen LogP contribution in [-0.4, -0.2) is 94.5 Å². The van der Waals surface area contributed by atoms with E-state index in [0.717, 1.165) is 0 Å². The lowest BCUT2D eigenvalue weighted by Crippen LogP contribution is -2.50. The Morgan fingerprint density at radius 2 is 1.78 bits per heavy atom. The lowest BCUT2D eigenvalue weighted by molar-refractivity contribution is -0.112. The van der Waals surface area contributed by atoms with Gasteiger partial charge >= 0.3 is 13.6 Å². The number of nitrogens with zero attached hydrogens (tertiary/aromatic N) is 7. The van der Waals surface area contributed by atoms with Crippen LogP contribution in [0, 0.1) is 0 Å². The van der Waals surface area contributed by atoms with Gasteiger partial charge in [-0.2, -0.15) is 4.98 Å². The molecule has 0 aromatic carbocycles. The molecule has 6 N–H and O–H groups in total. The average Bonchev–Trinajstić information content (AvgIpc) is 3.75. The van der Waals surface area contributed by atoms with Crippen molar-refractivity contribution in [2.45, 2.75) is 42.6 Å². The van der Waals surface area contributed by atoms with Crippen LogP contribution in [0.25, 0.3) is 22.3 Å². The molecule has 242 valence electrons. The fourth-order valence-corrected chi connectivity index (χ4v) is 8.67. The first-order chi connectivity index (χ1) is 21.4. The highest BCUT2D eigenvalue weighted by molar-refractivity contribution is 8.44. The van der Waals surface area contributed by atoms with Crippen molar-refractivity contribution in [3.8, 4) is 0 Å². The number of aliphatic hydroxyl groups is 1. The van der Waals surface area contributed by atoms with Crippen LogP contribution in [0.3, 0.4) is 0 Å². The number of thiol groups is 2. The predicted molar refractivity (Wildman–Crippen MR) is 160 cm³/mol. The topological polar surface area (TPSA) is 269 Å². The number of nitrogens with one attached hydrogen (secondary N) is 1. The Bertz CT molecular complexity index is 1940. The SMILES string of the molecule is Nc1nc2c(ncn2[C@@H]2O[C@@H]3COP(=O)(S)O[C@H]4C(n5cnc6c(N)ncnc65)CO[C@]4(CO)COP(=O)(S)O[C@H]2C3)c(=O)[nH]1. The van der Waals surface area contributed by atoms with Crippen LogP contribution in [0.4, 0.5) is 11.8 Å². The highest BCUT2D eigenvalue weighted by atomic mass is 32.7. The molecule has 3 fully saturated rings. The lowest BCUT2D eigenvalue weighted by atomic mass is 9.96. The standard InChI is InChI=1S/C21H26N10O10P2S2/c22-15-12-16(25-6-24-15)30(7-26-12)10-3-36-21(4-32)5-38-43(35,45)40-11-1-9(2-37-42(34,44)41-14(10)21)39-19(11)31-8-27-13-17(31)28-20(23)29-18(13)33/h6-11,14,19,32H,1-5H2,(H,34,44)(H,35,45)(H2,22,24,25)(H3,23,28,29,33)/t9-,10?,11-,14-,19+,21+,42?,43?/m0/s1. The van der Waals surface area contributed by atoms with Crippen LogP contribution in [0.1, 0.15) is 18.7 Å². The van der Waals surface area contributed by atoms with Gasteiger partial charge in [0, 0.05) is 6.42 Å². The van der Waals surface area contributed by atoms with E-state index in [9.17, 15) is 19.0 Å². The van der Waals surface area contributed by atoms with E-state index in [1.807, 2.05) is 0 Å². The summed E-state index contributed by atoms with van der Waals surface area (Å²) in [6.07, 6.45) is -0.186. The van der Waals surface area contributed by atoms with E-state index < -0.39 is 68.6 Å². The number of hydrogen-bond acceptors (Lipinski definition) is 17. The van der Waals surface area contributed by atoms with Gasteiger partial charge in [0.2, 0.25) is 5.95 Å². The number of imidazole rings is 2. The average molecular weight is 705 g/mol. The van der Waals surface area contributed by atoms with E-state index >= 15 is 0 Å². The number of anilines is 2. The number of nitrogen functional groups attached to an aromatic ring is 2. The van der Waals surface area contributed by atoms with Crippen LogP contribution in [0.5, 0.6) is 0 Å². The molecule has 0 spiro atoms. The number of aromatic amines is 1. The second kappa shape index (κ2) is 11.3. The summed E-state index contributed by atoms with van der Waals surface area (Å²) >= 11 is 8.38. The third-order valence-corrected chi connectivity index (χ3v) is 10.9. The van der Waals surface area contributed by atoms with E-state index in [1.165, 1.54) is 23.5 Å². The Balaban J connectivity index is 1.23. The van der Waals surface area contributed by atoms with Crippen molar-refractivity contribution in [2.75, 3.05) is 37.9 Å². The molecule has 3 saturated heterocycles. The normalized spacial score (nSPS) is 36.0. The Morgan fingerprint density at radius 3 is 2.58 bits per heavy atom. The minimum absolute atomic E-state index is 0.0251. The highest BCUT2D eigenvalue weighted by Gasteiger charge is 2.56. The summed E-state index contributed by atoms with van der Waals surface area (Å²) in [5.74, 6) is -0.0360. The van der Waals surface area contributed by atoms with Crippen molar-refractivity contribution >= 4 is 72.2 Å². The second-order valence-electron chi connectivity index (χ2n) is 10.5. The van der Waals surface area contributed by atoms with E-state index in [4.69, 9.17) is 39.0 Å². The molecule has 24 heteroatoms. The van der Waals surface area contributed by atoms with E-state index in [0.29, 0.717) is 11.2 Å². The number of aromatic nitrogens is 8. The summed E-state index contributed by atoms with van der Waals surface area (Å²) in [6.45, 7) is -10.2. The Kier molecular flexibility index (Phi) is 7.76. The largest absolute Gasteiger partial charge is 0.393 e. The quantitative estimate of drug-likeness (QED) is 0.126. The van der Waals surface area contributed by atoms with Crippen molar-refractivity contribution < 1.29 is 41.8 Å². The number of rotatable bonds is 3. The summed E-state index contributed by atoms with van der Waals surface area (Å²) in [5.41, 5.74) is 10.0. The van der Waals surface area contributed by atoms with Crippen molar-refractivity contribution in [1.29, 1.82) is 0 Å². The summed E-state index contributed by atoms with van der Waals surface area (Å²) in [5, 5.41) is 10.6. The molecule has 8 atom stereocenters. The summed E-state index contributed by atoms with van der Waals surface area (Å²) < 4.78 is 65.5. The summed E-state index contributed by atoms with van der Waals surface area (Å²) in [6, 6.07) is -0.816. The molecule has 3 unspecified atom stereocenters. The maximum Gasteiger partial charge on any atom is 0.386 e. The molecule has 0 amide bonds. The zero-order valence-corrected chi connectivity index (χ0v) is 26.4. The highest BCUT2D eigenvalue weighted by Crippen LogP contribution is 2.61. The molecule has 0 saturated carbocycles. The summed E-state index contributed by atoms with van der Waals surface area (Å²) in [7, 11) is 0. The Hall–Kier alpha value is -2.62. The van der Waals surface area contributed by atoms with Crippen LogP contribution in [-0.2, 0) is 36.7 Å². The molecule has 4 aromatic heterocycles. The smallest absolute Gasteiger partial charge is 0.386 e. The molecular formula is C21H26N10O10P2S2. The van der Waals surface area contributed by atoms with Gasteiger partial charge in [0.1, 0.15) is 29.7 Å². The van der Waals surface area contributed by atoms with Gasteiger partial charge in [0.15, 0.2) is 28.9 Å². The van der Waals surface area contributed by atoms with E-state index in [2.05, 4.69) is 54.4 Å². The molecule has 4 aromatic rings. The molecule has 3 aliphatic heterocycles. The predicted octanol–water partition coefficient (Wildman–Crippen LogP) is 0.607. The molecule has 7 rings (SSSR count). The van der Waals surface area contributed by atoms with Gasteiger partial charge in [-0.05, 0) is 0 Å². The van der Waals surface area contributed by atoms with Crippen molar-refractivity contribution in [2.24, 2.45) is 0 Å². The van der Waals surface area contributed by atoms with Crippen molar-refractivity contribution in [3.63, 3.8) is 0 Å². The van der Waals surface area contributed by atoms with Crippen LogP contribution in [0.2, 0.25) is 0 Å². The van der Waals surface area contributed by atoms with Crippen LogP contribution < -0.4 is 17.0 Å². The third-order valence-electron chi connectivity index (χ3n) is 7.70. The van der Waals surface area contributed by atoms with Crippen molar-refractivity contribution in [3.05, 3.63) is 29.3 Å². The lowest BCUT2D eigenvalue weighted by Gasteiger charge is -2.35. The number of fused-ring (bicyclic) bond motifs is 5. The molecule has 2 bridgehead atoms. The first-order valence-corrected chi connectivity index (χ1v) is 18.6. The Morgan fingerprint density at radius 1 is 1.02 bits per heavy atom. The second-order valence-corrected chi connectivity index (χ2v) is 16.3. The summed E-state index contributed by atoms with van der Waals surface area (Å²) in [4.78, 5) is 35.4. The molecule has 0 radical (unpaired) electrons. The van der Waals surface area contributed by atoms with Crippen molar-refractivity contribution in [1.82, 2.24) is 39.0 Å². The maximum absolute atomic E-state index is 13.7. The number of hydrogen-bond donors (Lipinski definition) is 6. The van der Waals surface area contributed by atoms with Gasteiger partial charge in [-0.15, -0.1) is 0 Å². The van der Waals surface area contributed by atoms with Gasteiger partial charge in [-0.1, -0.05) is 24.5 Å². The van der Waals surface area contributed by atoms with E-state index in [-0.39, 0.29) is 42.6 Å². The van der Waals surface area contributed by atoms with E-state index in [1.54, 1.807) is 4.57 Å². The van der Waals surface area contributed by atoms with Gasteiger partial charge in [0.25, 0.3) is 5.56 Å². The van der Waals surface area contributed by atoms with Gasteiger partial charge in [-0.3, -0.25) is 32.4 Å². The Labute approximate surface area is 262 Å². The minimum Gasteiger partial charge on any atom is -0.393 e. The fraction of sp³-hybridized carbons (Fsp3) is 0.524. The first-order valence-electron chi connectivity index (χ1n) is 13.3. The minimum atomic E-state index is -4.24. The number of ether oxygens (including phenoxy) is 2. The fourth-order valence-electron chi connectivity index (χ4n) is 5.62. The molecule has 0 aliphatic carbocycles. The number of H-pyrrole nitrogens is 1. The van der Waals surface area contributed by atoms with Crippen LogP contribution >= 0.6 is 38.1 Å². The molecule has 7 heterocycles. The van der Waals surface area contributed by atoms with Gasteiger partial charge < -0.3 is 30.6 Å². The molecule has 20 nitrogen and oxygen atoms in total. The molecule has 3 aliphatic rings. The monoisotopic (exact) mass is 704 g/mol. The zero-order chi connectivity index (χ0) is 31.7. The number of aliphatic hydroxyl groups excluding tert-OH is 1. The molecular weight excluding hydrogens is 678 g/mol. The van der Waals surface area contributed by atoms with Gasteiger partial charge in [0.05, 0.1) is 51.2 Å².